The minimum Gasteiger partial charge on any atom is -0.462 e. The Bertz CT molecular complexity index is 1540. The van der Waals surface area contributed by atoms with Crippen molar-refractivity contribution in [1.29, 1.82) is 0 Å². The normalized spacial score (nSPS) is 13.5. The third kappa shape index (κ3) is 49.9. The molecule has 6 nitrogen and oxygen atoms in total. The van der Waals surface area contributed by atoms with Gasteiger partial charge < -0.3 is 14.2 Å². The van der Waals surface area contributed by atoms with E-state index in [4.69, 9.17) is 14.2 Å². The molecular weight excluding hydrogens is 805 g/mol. The van der Waals surface area contributed by atoms with Gasteiger partial charge in [0.1, 0.15) is 13.2 Å². The van der Waals surface area contributed by atoms with E-state index in [1.807, 2.05) is 36.5 Å². The van der Waals surface area contributed by atoms with E-state index >= 15 is 0 Å². The molecule has 1 atom stereocenters. The second kappa shape index (κ2) is 51.7. The summed E-state index contributed by atoms with van der Waals surface area (Å²) >= 11 is 0. The van der Waals surface area contributed by atoms with Crippen LogP contribution in [0, 0.1) is 0 Å². The first-order valence-electron chi connectivity index (χ1n) is 25.0. The fourth-order valence-corrected chi connectivity index (χ4v) is 5.89. The van der Waals surface area contributed by atoms with Gasteiger partial charge in [-0.25, -0.2) is 0 Å². The van der Waals surface area contributed by atoms with Crippen LogP contribution >= 0.6 is 0 Å². The molecule has 0 aliphatic carbocycles. The standard InChI is InChI=1S/C59H88O6/c1-4-7-10-13-16-19-22-25-27-29-31-34-37-40-43-46-49-52-58(61)64-55-56(54-63-57(60)51-48-45-42-39-36-33-24-21-18-15-12-9-6-3)65-59(62)53-50-47-44-41-38-35-32-30-28-26-23-20-17-14-11-8-5-2/h7,9-10,12,15-21,24-28,31-36,40-41,43-44,56H,4-6,8,11,13-14,22-23,29-30,37-39,42,45-55H2,1-3H3/b10-7-,12-9-,18-15-,19-16-,20-17-,24-21-,27-25-,28-26-,34-31-,35-32-,36-33-,43-40-,44-41-. The summed E-state index contributed by atoms with van der Waals surface area (Å²) in [5.41, 5.74) is 0. The molecular formula is C59H88O6. The highest BCUT2D eigenvalue weighted by Gasteiger charge is 2.19. The first-order chi connectivity index (χ1) is 32.0. The number of hydrogen-bond donors (Lipinski definition) is 0. The van der Waals surface area contributed by atoms with Crippen LogP contribution in [0.2, 0.25) is 0 Å². The van der Waals surface area contributed by atoms with Crippen molar-refractivity contribution in [2.75, 3.05) is 13.2 Å². The van der Waals surface area contributed by atoms with E-state index in [1.165, 1.54) is 25.7 Å². The van der Waals surface area contributed by atoms with Crippen LogP contribution in [0.3, 0.4) is 0 Å². The van der Waals surface area contributed by atoms with Gasteiger partial charge in [0.25, 0.3) is 0 Å². The molecule has 0 fully saturated rings. The SMILES string of the molecule is CC\C=C/C=C\C=C/C=C\CCCCCC(=O)OCC(COC(=O)CCC/C=C\C/C=C\C/C=C\C/C=C\C/C=C\CC)OC(=O)CCC/C=C\C/C=C\C/C=C\C/C=C\CCCCC. The van der Waals surface area contributed by atoms with Gasteiger partial charge in [-0.3, -0.25) is 14.4 Å². The number of allylic oxidation sites excluding steroid dienone is 26. The van der Waals surface area contributed by atoms with Crippen molar-refractivity contribution >= 4 is 17.9 Å². The van der Waals surface area contributed by atoms with Crippen LogP contribution in [0.25, 0.3) is 0 Å². The molecule has 0 aliphatic rings. The third-order valence-corrected chi connectivity index (χ3v) is 9.59. The molecule has 0 N–H and O–H groups in total. The van der Waals surface area contributed by atoms with Gasteiger partial charge in [-0.2, -0.15) is 0 Å². The predicted octanol–water partition coefficient (Wildman–Crippen LogP) is 16.6. The largest absolute Gasteiger partial charge is 0.462 e. The molecule has 0 spiro atoms. The minimum atomic E-state index is -0.853. The number of esters is 3. The molecule has 0 aromatic carbocycles. The molecule has 0 aromatic rings. The number of carbonyl (C=O) groups is 3. The molecule has 0 amide bonds. The molecule has 0 bridgehead atoms. The lowest BCUT2D eigenvalue weighted by Gasteiger charge is -2.18. The maximum absolute atomic E-state index is 12.8. The van der Waals surface area contributed by atoms with Crippen molar-refractivity contribution in [3.63, 3.8) is 0 Å². The van der Waals surface area contributed by atoms with Crippen LogP contribution in [-0.2, 0) is 28.6 Å². The highest BCUT2D eigenvalue weighted by molar-refractivity contribution is 5.71. The van der Waals surface area contributed by atoms with Crippen LogP contribution in [0.1, 0.15) is 175 Å². The first kappa shape index (κ1) is 60.0. The van der Waals surface area contributed by atoms with Crippen LogP contribution in [0.5, 0.6) is 0 Å². The van der Waals surface area contributed by atoms with E-state index in [-0.39, 0.29) is 44.4 Å². The Kier molecular flexibility index (Phi) is 47.7. The first-order valence-corrected chi connectivity index (χ1v) is 25.0. The zero-order valence-electron chi connectivity index (χ0n) is 40.9. The number of hydrogen-bond acceptors (Lipinski definition) is 6. The fourth-order valence-electron chi connectivity index (χ4n) is 5.89. The maximum Gasteiger partial charge on any atom is 0.306 e. The van der Waals surface area contributed by atoms with Gasteiger partial charge in [-0.15, -0.1) is 0 Å². The van der Waals surface area contributed by atoms with Gasteiger partial charge >= 0.3 is 17.9 Å². The van der Waals surface area contributed by atoms with Crippen molar-refractivity contribution in [2.45, 2.75) is 181 Å². The van der Waals surface area contributed by atoms with Gasteiger partial charge in [0.05, 0.1) is 0 Å². The van der Waals surface area contributed by atoms with Crippen LogP contribution in [0.4, 0.5) is 0 Å². The quantitative estimate of drug-likeness (QED) is 0.0200. The predicted molar refractivity (Wildman–Crippen MR) is 278 cm³/mol. The highest BCUT2D eigenvalue weighted by atomic mass is 16.6. The van der Waals surface area contributed by atoms with Gasteiger partial charge in [0.2, 0.25) is 0 Å². The zero-order chi connectivity index (χ0) is 47.2. The minimum absolute atomic E-state index is 0.146. The summed E-state index contributed by atoms with van der Waals surface area (Å²) in [7, 11) is 0. The summed E-state index contributed by atoms with van der Waals surface area (Å²) < 4.78 is 16.6. The van der Waals surface area contributed by atoms with Crippen LogP contribution in [0.15, 0.2) is 158 Å². The maximum atomic E-state index is 12.8. The molecule has 0 radical (unpaired) electrons. The molecule has 6 heteroatoms. The Labute approximate surface area is 397 Å². The average Bonchev–Trinajstić information content (AvgIpc) is 3.30. The lowest BCUT2D eigenvalue weighted by atomic mass is 10.1. The molecule has 0 saturated heterocycles. The fraction of sp³-hybridized carbons (Fsp3) is 0.508. The van der Waals surface area contributed by atoms with Crippen molar-refractivity contribution in [1.82, 2.24) is 0 Å². The van der Waals surface area contributed by atoms with Crippen LogP contribution in [-0.4, -0.2) is 37.2 Å². The summed E-state index contributed by atoms with van der Waals surface area (Å²) in [6.45, 7) is 6.18. The monoisotopic (exact) mass is 893 g/mol. The molecule has 0 heterocycles. The van der Waals surface area contributed by atoms with Crippen molar-refractivity contribution in [2.24, 2.45) is 0 Å². The summed E-state index contributed by atoms with van der Waals surface area (Å²) in [5.74, 6) is -1.11. The summed E-state index contributed by atoms with van der Waals surface area (Å²) in [6.07, 6.45) is 75.2. The molecule has 360 valence electrons. The third-order valence-electron chi connectivity index (χ3n) is 9.59. The van der Waals surface area contributed by atoms with Crippen molar-refractivity contribution < 1.29 is 28.6 Å². The van der Waals surface area contributed by atoms with E-state index in [2.05, 4.69) is 142 Å². The molecule has 0 aromatic heterocycles. The average molecular weight is 893 g/mol. The number of rotatable bonds is 42. The number of unbranched alkanes of at least 4 members (excludes halogenated alkanes) is 8. The zero-order valence-corrected chi connectivity index (χ0v) is 40.9. The molecule has 0 rings (SSSR count). The molecule has 0 aliphatic heterocycles. The number of ether oxygens (including phenoxy) is 3. The summed E-state index contributed by atoms with van der Waals surface area (Å²) in [5, 5.41) is 0. The van der Waals surface area contributed by atoms with E-state index in [0.717, 1.165) is 89.9 Å². The van der Waals surface area contributed by atoms with E-state index in [9.17, 15) is 14.4 Å². The Balaban J connectivity index is 4.67. The Morgan fingerprint density at radius 2 is 0.692 bits per heavy atom. The van der Waals surface area contributed by atoms with Gasteiger partial charge in [0, 0.05) is 19.3 Å². The van der Waals surface area contributed by atoms with Gasteiger partial charge in [-0.05, 0) is 116 Å². The van der Waals surface area contributed by atoms with Crippen molar-refractivity contribution in [3.05, 3.63) is 158 Å². The van der Waals surface area contributed by atoms with Gasteiger partial charge in [-0.1, -0.05) is 198 Å². The van der Waals surface area contributed by atoms with E-state index in [1.54, 1.807) is 0 Å². The van der Waals surface area contributed by atoms with Gasteiger partial charge in [0.15, 0.2) is 6.10 Å². The molecule has 1 unspecified atom stereocenters. The Hall–Kier alpha value is -4.97. The lowest BCUT2D eigenvalue weighted by Crippen LogP contribution is -2.30. The summed E-state index contributed by atoms with van der Waals surface area (Å²) in [6, 6.07) is 0. The van der Waals surface area contributed by atoms with Crippen LogP contribution < -0.4 is 0 Å². The topological polar surface area (TPSA) is 78.9 Å². The smallest absolute Gasteiger partial charge is 0.306 e. The molecule has 0 saturated carbocycles. The summed E-state index contributed by atoms with van der Waals surface area (Å²) in [4.78, 5) is 37.9. The second-order valence-electron chi connectivity index (χ2n) is 15.7. The second-order valence-corrected chi connectivity index (χ2v) is 15.7. The van der Waals surface area contributed by atoms with E-state index < -0.39 is 12.1 Å². The van der Waals surface area contributed by atoms with E-state index in [0.29, 0.717) is 19.3 Å². The Morgan fingerprint density at radius 1 is 0.338 bits per heavy atom. The molecule has 65 heavy (non-hydrogen) atoms. The Morgan fingerprint density at radius 3 is 1.15 bits per heavy atom. The number of carbonyl (C=O) groups excluding carboxylic acids is 3. The lowest BCUT2D eigenvalue weighted by molar-refractivity contribution is -0.167. The highest BCUT2D eigenvalue weighted by Crippen LogP contribution is 2.09. The van der Waals surface area contributed by atoms with Crippen molar-refractivity contribution in [3.8, 4) is 0 Å².